The Morgan fingerprint density at radius 3 is 2.48 bits per heavy atom. The highest BCUT2D eigenvalue weighted by molar-refractivity contribution is 6.13. The van der Waals surface area contributed by atoms with Crippen LogP contribution in [0.5, 0.6) is 0 Å². The van der Waals surface area contributed by atoms with Crippen molar-refractivity contribution in [1.29, 1.82) is 10.8 Å². The summed E-state index contributed by atoms with van der Waals surface area (Å²) in [6.07, 6.45) is 7.29. The Bertz CT molecular complexity index is 1950. The van der Waals surface area contributed by atoms with Gasteiger partial charge in [0.2, 0.25) is 11.8 Å². The van der Waals surface area contributed by atoms with Crippen LogP contribution in [-0.4, -0.2) is 95.4 Å². The zero-order valence-electron chi connectivity index (χ0n) is 28.8. The van der Waals surface area contributed by atoms with Gasteiger partial charge in [-0.25, -0.2) is 9.98 Å². The second-order valence-electron chi connectivity index (χ2n) is 13.5. The predicted molar refractivity (Wildman–Crippen MR) is 196 cm³/mol. The molecule has 0 unspecified atom stereocenters. The monoisotopic (exact) mass is 676 g/mol. The average molecular weight is 677 g/mol. The van der Waals surface area contributed by atoms with Crippen LogP contribution >= 0.6 is 0 Å². The van der Waals surface area contributed by atoms with Crippen LogP contribution in [0.2, 0.25) is 0 Å². The molecule has 2 amide bonds. The number of hydrogen-bond donors (Lipinski definition) is 4. The molecular weight excluding hydrogens is 632 g/mol. The lowest BCUT2D eigenvalue weighted by Gasteiger charge is -2.29. The quantitative estimate of drug-likeness (QED) is 0.199. The van der Waals surface area contributed by atoms with Crippen molar-refractivity contribution in [2.24, 2.45) is 10.4 Å². The lowest BCUT2D eigenvalue weighted by Crippen LogP contribution is -2.43. The van der Waals surface area contributed by atoms with E-state index in [9.17, 15) is 14.4 Å². The van der Waals surface area contributed by atoms with E-state index in [0.29, 0.717) is 62.6 Å². The van der Waals surface area contributed by atoms with Crippen LogP contribution < -0.4 is 21.5 Å². The summed E-state index contributed by atoms with van der Waals surface area (Å²) in [5.74, 6) is 0.667. The number of nitrogens with zero attached hydrogens (tertiary/aromatic N) is 6. The lowest BCUT2D eigenvalue weighted by molar-refractivity contribution is -0.132. The van der Waals surface area contributed by atoms with Gasteiger partial charge >= 0.3 is 0 Å². The van der Waals surface area contributed by atoms with Crippen LogP contribution in [0.4, 0.5) is 11.5 Å². The first-order valence-electron chi connectivity index (χ1n) is 17.0. The Hall–Kier alpha value is -5.43. The summed E-state index contributed by atoms with van der Waals surface area (Å²) >= 11 is 0. The number of carbonyl (C=O) groups excluding carboxylic acids is 2. The minimum atomic E-state index is -0.584. The van der Waals surface area contributed by atoms with Gasteiger partial charge in [-0.3, -0.25) is 35.0 Å². The number of nitrogen functional groups attached to an aromatic ring is 1. The highest BCUT2D eigenvalue weighted by atomic mass is 16.2. The van der Waals surface area contributed by atoms with E-state index in [4.69, 9.17) is 16.6 Å². The molecule has 13 nitrogen and oxygen atoms in total. The fourth-order valence-electron chi connectivity index (χ4n) is 7.01. The molecule has 1 atom stereocenters. The molecule has 0 saturated carbocycles. The van der Waals surface area contributed by atoms with Crippen molar-refractivity contribution in [2.75, 3.05) is 56.9 Å². The van der Waals surface area contributed by atoms with Gasteiger partial charge in [-0.1, -0.05) is 30.3 Å². The Morgan fingerprint density at radius 1 is 1.04 bits per heavy atom. The van der Waals surface area contributed by atoms with Gasteiger partial charge in [0.05, 0.1) is 29.7 Å². The van der Waals surface area contributed by atoms with Gasteiger partial charge in [0.1, 0.15) is 11.5 Å². The number of carbonyl (C=O) groups is 2. The van der Waals surface area contributed by atoms with Crippen LogP contribution in [-0.2, 0) is 9.59 Å². The molecule has 0 radical (unpaired) electrons. The number of amidine groups is 1. The van der Waals surface area contributed by atoms with Gasteiger partial charge in [-0.05, 0) is 69.0 Å². The Labute approximate surface area is 291 Å². The molecule has 13 heteroatoms. The standard InChI is InChI=1S/C37H44N10O3/c1-24(2)47-20-28(8-11-31(47)48)33(39)34-29(38)9-10-30(43-34)46-19-15-37(36(46)50)14-18-44(22-37)21-32(49)45-16-12-26(13-17-45)25-4-6-27(7-5-25)35(40)42-23-41-3/h4-12,20,23-24,39H,13-19,21-22,38H2,1-3H3,(H2,40,41,42)/t37-/m0/s1. The highest BCUT2D eigenvalue weighted by Gasteiger charge is 2.51. The molecule has 3 aliphatic heterocycles. The largest absolute Gasteiger partial charge is 0.397 e. The average Bonchev–Trinajstić information content (AvgIpc) is 3.68. The van der Waals surface area contributed by atoms with Crippen LogP contribution in [0.3, 0.4) is 0 Å². The van der Waals surface area contributed by atoms with Gasteiger partial charge < -0.3 is 20.5 Å². The summed E-state index contributed by atoms with van der Waals surface area (Å²) in [6.45, 7) is 6.89. The fourth-order valence-corrected chi connectivity index (χ4v) is 7.01. The number of anilines is 2. The SMILES string of the molecule is CN/C=N\C(=N)c1ccc(C2=CCN(C(=O)CN3CC[C@]4(CCN(c5ccc(N)c(C(=N)c6ccc(=O)n(C(C)C)c6)n5)C4=O)C3)CC2)cc1. The molecule has 6 rings (SSSR count). The van der Waals surface area contributed by atoms with Gasteiger partial charge in [0, 0.05) is 62.7 Å². The van der Waals surface area contributed by atoms with Crippen LogP contribution in [0.15, 0.2) is 70.6 Å². The third kappa shape index (κ3) is 6.86. The normalized spacial score (nSPS) is 19.5. The van der Waals surface area contributed by atoms with E-state index in [1.54, 1.807) is 40.9 Å². The number of pyridine rings is 2. The Kier molecular flexibility index (Phi) is 9.78. The molecule has 2 fully saturated rings. The number of likely N-dealkylation sites (tertiary alicyclic amines) is 1. The van der Waals surface area contributed by atoms with E-state index in [0.717, 1.165) is 17.5 Å². The van der Waals surface area contributed by atoms with E-state index in [1.807, 2.05) is 43.0 Å². The van der Waals surface area contributed by atoms with Crippen molar-refractivity contribution in [3.63, 3.8) is 0 Å². The summed E-state index contributed by atoms with van der Waals surface area (Å²) in [4.78, 5) is 53.9. The first-order chi connectivity index (χ1) is 24.0. The number of nitrogens with two attached hydrogens (primary N) is 1. The third-order valence-electron chi connectivity index (χ3n) is 9.93. The lowest BCUT2D eigenvalue weighted by atomic mass is 9.85. The van der Waals surface area contributed by atoms with Gasteiger partial charge in [0.25, 0.3) is 5.56 Å². The second-order valence-corrected chi connectivity index (χ2v) is 13.5. The summed E-state index contributed by atoms with van der Waals surface area (Å²) in [7, 11) is 1.74. The van der Waals surface area contributed by atoms with Crippen molar-refractivity contribution in [1.82, 2.24) is 24.7 Å². The summed E-state index contributed by atoms with van der Waals surface area (Å²) in [6, 6.07) is 14.1. The zero-order valence-corrected chi connectivity index (χ0v) is 28.8. The maximum absolute atomic E-state index is 13.9. The first kappa shape index (κ1) is 34.4. The van der Waals surface area contributed by atoms with Gasteiger partial charge in [0.15, 0.2) is 5.84 Å². The van der Waals surface area contributed by atoms with Crippen molar-refractivity contribution in [3.8, 4) is 0 Å². The van der Waals surface area contributed by atoms with Crippen LogP contribution in [0.1, 0.15) is 61.5 Å². The number of rotatable bonds is 9. The second kappa shape index (κ2) is 14.2. The summed E-state index contributed by atoms with van der Waals surface area (Å²) in [5, 5.41) is 19.7. The van der Waals surface area contributed by atoms with E-state index in [1.165, 1.54) is 18.0 Å². The third-order valence-corrected chi connectivity index (χ3v) is 9.93. The van der Waals surface area contributed by atoms with Crippen LogP contribution in [0.25, 0.3) is 5.57 Å². The highest BCUT2D eigenvalue weighted by Crippen LogP contribution is 2.42. The number of benzene rings is 1. The van der Waals surface area contributed by atoms with E-state index in [2.05, 4.69) is 26.3 Å². The maximum Gasteiger partial charge on any atom is 0.250 e. The molecule has 1 aromatic carbocycles. The minimum absolute atomic E-state index is 0.0175. The molecule has 260 valence electrons. The van der Waals surface area contributed by atoms with Crippen molar-refractivity contribution in [3.05, 3.63) is 93.5 Å². The maximum atomic E-state index is 13.9. The molecule has 5 N–H and O–H groups in total. The first-order valence-corrected chi connectivity index (χ1v) is 17.0. The molecular formula is C37H44N10O3. The Morgan fingerprint density at radius 2 is 1.78 bits per heavy atom. The number of hydrogen-bond acceptors (Lipinski definition) is 8. The molecule has 0 aliphatic carbocycles. The molecule has 5 heterocycles. The van der Waals surface area contributed by atoms with Crippen molar-refractivity contribution in [2.45, 2.75) is 39.2 Å². The zero-order chi connectivity index (χ0) is 35.6. The topological polar surface area (TPSA) is 177 Å². The molecule has 3 aromatic rings. The number of nitrogens with one attached hydrogen (secondary N) is 3. The predicted octanol–water partition coefficient (Wildman–Crippen LogP) is 3.14. The van der Waals surface area contributed by atoms with Crippen molar-refractivity contribution >= 4 is 46.8 Å². The number of aromatic nitrogens is 2. The van der Waals surface area contributed by atoms with Crippen LogP contribution in [0, 0.1) is 16.2 Å². The summed E-state index contributed by atoms with van der Waals surface area (Å²) < 4.78 is 1.56. The minimum Gasteiger partial charge on any atom is -0.397 e. The van der Waals surface area contributed by atoms with E-state index in [-0.39, 0.29) is 47.2 Å². The molecule has 1 spiro atoms. The molecule has 2 saturated heterocycles. The fraction of sp³-hybridized carbons (Fsp3) is 0.378. The van der Waals surface area contributed by atoms with Crippen molar-refractivity contribution < 1.29 is 9.59 Å². The smallest absolute Gasteiger partial charge is 0.250 e. The number of aliphatic imine (C=N–C) groups is 1. The number of amides is 2. The molecule has 3 aliphatic rings. The molecule has 2 aromatic heterocycles. The van der Waals surface area contributed by atoms with Gasteiger partial charge in [-0.2, -0.15) is 0 Å². The molecule has 0 bridgehead atoms. The van der Waals surface area contributed by atoms with E-state index >= 15 is 0 Å². The molecule has 50 heavy (non-hydrogen) atoms. The summed E-state index contributed by atoms with van der Waals surface area (Å²) in [5.41, 5.74) is 9.69. The van der Waals surface area contributed by atoms with E-state index < -0.39 is 5.41 Å². The Balaban J connectivity index is 1.06. The van der Waals surface area contributed by atoms with Gasteiger partial charge in [-0.15, -0.1) is 0 Å².